The lowest BCUT2D eigenvalue weighted by molar-refractivity contribution is -0.138. The highest BCUT2D eigenvalue weighted by atomic mass is 16.5. The molecule has 0 aromatic heterocycles. The van der Waals surface area contributed by atoms with E-state index in [0.29, 0.717) is 39.0 Å². The lowest BCUT2D eigenvalue weighted by atomic mass is 9.94. The summed E-state index contributed by atoms with van der Waals surface area (Å²) in [6.45, 7) is 5.29. The van der Waals surface area contributed by atoms with Crippen molar-refractivity contribution in [2.75, 3.05) is 26.8 Å². The van der Waals surface area contributed by atoms with Gasteiger partial charge >= 0.3 is 0 Å². The molecule has 0 spiro atoms. The number of nitrogens with one attached hydrogen (secondary N) is 1. The molecule has 0 saturated carbocycles. The summed E-state index contributed by atoms with van der Waals surface area (Å²) in [4.78, 5) is 38.9. The molecule has 7 heteroatoms. The molecule has 0 saturated heterocycles. The van der Waals surface area contributed by atoms with Crippen LogP contribution in [0.25, 0.3) is 0 Å². The van der Waals surface area contributed by atoms with Crippen molar-refractivity contribution in [2.45, 2.75) is 52.0 Å². The number of ether oxygens (including phenoxy) is 1. The first-order chi connectivity index (χ1) is 13.9. The Labute approximate surface area is 174 Å². The van der Waals surface area contributed by atoms with Crippen LogP contribution in [0.5, 0.6) is 0 Å². The Balaban J connectivity index is 2.72. The number of imide groups is 1. The van der Waals surface area contributed by atoms with Gasteiger partial charge in [-0.2, -0.15) is 0 Å². The smallest absolute Gasteiger partial charge is 0.230 e. The number of carbonyl (C=O) groups is 3. The Morgan fingerprint density at radius 1 is 1.14 bits per heavy atom. The predicted molar refractivity (Wildman–Crippen MR) is 113 cm³/mol. The number of amides is 3. The third-order valence-corrected chi connectivity index (χ3v) is 4.85. The van der Waals surface area contributed by atoms with E-state index in [9.17, 15) is 14.4 Å². The number of hydrogen-bond acceptors (Lipinski definition) is 5. The van der Waals surface area contributed by atoms with Crippen molar-refractivity contribution in [3.8, 4) is 0 Å². The zero-order chi connectivity index (χ0) is 21.6. The minimum absolute atomic E-state index is 0.0500. The maximum atomic E-state index is 12.7. The number of carbonyl (C=O) groups excluding carboxylic acids is 3. The van der Waals surface area contributed by atoms with Gasteiger partial charge in [0, 0.05) is 45.0 Å². The van der Waals surface area contributed by atoms with E-state index < -0.39 is 17.7 Å². The van der Waals surface area contributed by atoms with Crippen molar-refractivity contribution in [2.24, 2.45) is 11.7 Å². The van der Waals surface area contributed by atoms with E-state index in [1.807, 2.05) is 44.2 Å². The van der Waals surface area contributed by atoms with Gasteiger partial charge in [-0.05, 0) is 31.7 Å². The summed E-state index contributed by atoms with van der Waals surface area (Å²) in [5, 5.41) is 2.42. The fraction of sp³-hybridized carbons (Fsp3) is 0.591. The van der Waals surface area contributed by atoms with Crippen LogP contribution in [0.1, 0.15) is 45.1 Å². The zero-order valence-electron chi connectivity index (χ0n) is 17.9. The number of aryl methyl sites for hydroxylation is 1. The van der Waals surface area contributed by atoms with Crippen molar-refractivity contribution in [1.82, 2.24) is 10.2 Å². The Kier molecular flexibility index (Phi) is 11.8. The minimum atomic E-state index is -0.584. The average molecular weight is 406 g/mol. The maximum absolute atomic E-state index is 12.7. The van der Waals surface area contributed by atoms with Crippen LogP contribution >= 0.6 is 0 Å². The summed E-state index contributed by atoms with van der Waals surface area (Å²) in [6.07, 6.45) is 1.93. The van der Waals surface area contributed by atoms with Crippen LogP contribution in [0.15, 0.2) is 30.3 Å². The molecule has 7 nitrogen and oxygen atoms in total. The van der Waals surface area contributed by atoms with Gasteiger partial charge < -0.3 is 15.4 Å². The third-order valence-electron chi connectivity index (χ3n) is 4.85. The second-order valence-corrected chi connectivity index (χ2v) is 7.22. The lowest BCUT2D eigenvalue weighted by Gasteiger charge is -2.21. The fourth-order valence-electron chi connectivity index (χ4n) is 2.82. The minimum Gasteiger partial charge on any atom is -0.380 e. The van der Waals surface area contributed by atoms with E-state index in [2.05, 4.69) is 5.32 Å². The van der Waals surface area contributed by atoms with Gasteiger partial charge in [0.15, 0.2) is 0 Å². The third kappa shape index (κ3) is 10.2. The molecule has 1 aromatic carbocycles. The Hall–Kier alpha value is -2.25. The van der Waals surface area contributed by atoms with Gasteiger partial charge in [0.05, 0.1) is 6.61 Å². The molecular formula is C22H35N3O4. The molecular weight excluding hydrogens is 370 g/mol. The van der Waals surface area contributed by atoms with E-state index in [4.69, 9.17) is 10.5 Å². The Bertz CT molecular complexity index is 636. The second-order valence-electron chi connectivity index (χ2n) is 7.22. The van der Waals surface area contributed by atoms with Crippen LogP contribution in [-0.4, -0.2) is 55.5 Å². The van der Waals surface area contributed by atoms with Gasteiger partial charge in [-0.25, -0.2) is 0 Å². The molecule has 0 aliphatic rings. The number of likely N-dealkylation sites (N-methyl/N-ethyl adjacent to an activating group) is 1. The number of benzene rings is 1. The summed E-state index contributed by atoms with van der Waals surface area (Å²) < 4.78 is 5.28. The molecule has 1 aromatic rings. The van der Waals surface area contributed by atoms with Crippen molar-refractivity contribution in [1.29, 1.82) is 0 Å². The number of nitrogens with two attached hydrogens (primary N) is 1. The predicted octanol–water partition coefficient (Wildman–Crippen LogP) is 1.89. The molecule has 0 aliphatic heterocycles. The highest BCUT2D eigenvalue weighted by molar-refractivity contribution is 5.97. The lowest BCUT2D eigenvalue weighted by Crippen LogP contribution is -2.41. The molecule has 1 rings (SSSR count). The highest BCUT2D eigenvalue weighted by Gasteiger charge is 2.25. The van der Waals surface area contributed by atoms with Crippen molar-refractivity contribution in [3.63, 3.8) is 0 Å². The number of hydrogen-bond donors (Lipinski definition) is 2. The Morgan fingerprint density at radius 3 is 2.45 bits per heavy atom. The molecule has 162 valence electrons. The number of rotatable bonds is 13. The van der Waals surface area contributed by atoms with Crippen LogP contribution in [0.4, 0.5) is 0 Å². The summed E-state index contributed by atoms with van der Waals surface area (Å²) in [5.74, 6) is -1.54. The zero-order valence-corrected chi connectivity index (χ0v) is 17.9. The Morgan fingerprint density at radius 2 is 1.83 bits per heavy atom. The summed E-state index contributed by atoms with van der Waals surface area (Å²) in [6, 6.07) is 9.49. The fourth-order valence-corrected chi connectivity index (χ4v) is 2.82. The molecule has 0 bridgehead atoms. The van der Waals surface area contributed by atoms with Gasteiger partial charge in [-0.3, -0.25) is 19.7 Å². The monoisotopic (exact) mass is 405 g/mol. The molecule has 2 atom stereocenters. The topological polar surface area (TPSA) is 102 Å². The standard InChI is InChI=1S/C22H35N3O4/c1-4-19(23)16-20(26)24-22(28)18(12-11-17-9-7-6-8-10-17)15-21(27)25(3)13-14-29-5-2/h6-10,18-19H,4-5,11-16,23H2,1-3H3,(H,24,26,28)/t18-,19-/m1/s1. The van der Waals surface area contributed by atoms with Gasteiger partial charge in [-0.1, -0.05) is 37.3 Å². The molecule has 0 aliphatic carbocycles. The molecule has 3 amide bonds. The van der Waals surface area contributed by atoms with Crippen LogP contribution in [0.2, 0.25) is 0 Å². The average Bonchev–Trinajstić information content (AvgIpc) is 2.71. The van der Waals surface area contributed by atoms with E-state index in [1.54, 1.807) is 11.9 Å². The van der Waals surface area contributed by atoms with E-state index >= 15 is 0 Å². The van der Waals surface area contributed by atoms with Crippen LogP contribution in [0, 0.1) is 5.92 Å². The van der Waals surface area contributed by atoms with Crippen molar-refractivity contribution >= 4 is 17.7 Å². The van der Waals surface area contributed by atoms with Crippen LogP contribution < -0.4 is 11.1 Å². The summed E-state index contributed by atoms with van der Waals surface area (Å²) in [5.41, 5.74) is 6.88. The first-order valence-corrected chi connectivity index (χ1v) is 10.3. The normalized spacial score (nSPS) is 12.8. The van der Waals surface area contributed by atoms with E-state index in [-0.39, 0.29) is 24.8 Å². The SMILES string of the molecule is CCOCCN(C)C(=O)C[C@@H](CCc1ccccc1)C(=O)NC(=O)C[C@H](N)CC. The largest absolute Gasteiger partial charge is 0.380 e. The molecule has 0 unspecified atom stereocenters. The van der Waals surface area contributed by atoms with E-state index in [1.165, 1.54) is 0 Å². The quantitative estimate of drug-likeness (QED) is 0.488. The van der Waals surface area contributed by atoms with Crippen LogP contribution in [0.3, 0.4) is 0 Å². The molecule has 3 N–H and O–H groups in total. The summed E-state index contributed by atoms with van der Waals surface area (Å²) in [7, 11) is 1.69. The second kappa shape index (κ2) is 13.8. The molecule has 0 fully saturated rings. The highest BCUT2D eigenvalue weighted by Crippen LogP contribution is 2.15. The first-order valence-electron chi connectivity index (χ1n) is 10.3. The van der Waals surface area contributed by atoms with Gasteiger partial charge in [-0.15, -0.1) is 0 Å². The first kappa shape index (κ1) is 24.8. The maximum Gasteiger partial charge on any atom is 0.230 e. The van der Waals surface area contributed by atoms with Gasteiger partial charge in [0.1, 0.15) is 0 Å². The molecule has 29 heavy (non-hydrogen) atoms. The van der Waals surface area contributed by atoms with Crippen LogP contribution in [-0.2, 0) is 25.5 Å². The molecule has 0 radical (unpaired) electrons. The molecule has 0 heterocycles. The summed E-state index contributed by atoms with van der Waals surface area (Å²) >= 11 is 0. The van der Waals surface area contributed by atoms with Gasteiger partial charge in [0.25, 0.3) is 0 Å². The van der Waals surface area contributed by atoms with Gasteiger partial charge in [0.2, 0.25) is 17.7 Å². The number of nitrogens with zero attached hydrogens (tertiary/aromatic N) is 1. The van der Waals surface area contributed by atoms with Crippen molar-refractivity contribution in [3.05, 3.63) is 35.9 Å². The van der Waals surface area contributed by atoms with Crippen molar-refractivity contribution < 1.29 is 19.1 Å². The van der Waals surface area contributed by atoms with E-state index in [0.717, 1.165) is 5.56 Å².